The molecule has 22 heavy (non-hydrogen) atoms. The molecule has 0 saturated carbocycles. The number of nitrogens with one attached hydrogen (secondary N) is 1. The van der Waals surface area contributed by atoms with Crippen LogP contribution in [0.15, 0.2) is 29.2 Å². The zero-order chi connectivity index (χ0) is 15.1. The summed E-state index contributed by atoms with van der Waals surface area (Å²) in [6.07, 6.45) is 2.33. The van der Waals surface area contributed by atoms with Crippen LogP contribution < -0.4 is 10.1 Å². The Hall–Kier alpha value is -0.910. The zero-order valence-electron chi connectivity index (χ0n) is 13.2. The summed E-state index contributed by atoms with van der Waals surface area (Å²) in [5, 5.41) is 3.21. The van der Waals surface area contributed by atoms with Gasteiger partial charge >= 0.3 is 0 Å². The van der Waals surface area contributed by atoms with Gasteiger partial charge in [-0.05, 0) is 50.6 Å². The molecule has 1 unspecified atom stereocenters. The minimum atomic E-state index is 0. The van der Waals surface area contributed by atoms with Crippen molar-refractivity contribution >= 4 is 30.1 Å². The van der Waals surface area contributed by atoms with Crippen molar-refractivity contribution in [2.75, 3.05) is 39.5 Å². The van der Waals surface area contributed by atoms with Crippen LogP contribution in [0.25, 0.3) is 0 Å². The molecule has 1 aromatic carbocycles. The Balaban J connectivity index is 0.00000242. The van der Waals surface area contributed by atoms with E-state index in [1.807, 2.05) is 36.2 Å². The van der Waals surface area contributed by atoms with Crippen LogP contribution in [-0.4, -0.2) is 50.4 Å². The second-order valence-corrected chi connectivity index (χ2v) is 6.42. The number of carbonyl (C=O) groups excluding carboxylic acids is 1. The van der Waals surface area contributed by atoms with E-state index < -0.39 is 0 Å². The van der Waals surface area contributed by atoms with Crippen molar-refractivity contribution in [2.24, 2.45) is 5.92 Å². The maximum Gasteiger partial charge on any atom is 0.232 e. The molecule has 4 nitrogen and oxygen atoms in total. The summed E-state index contributed by atoms with van der Waals surface area (Å²) < 4.78 is 5.20. The molecule has 1 amide bonds. The van der Waals surface area contributed by atoms with Gasteiger partial charge in [-0.25, -0.2) is 0 Å². The highest BCUT2D eigenvalue weighted by atomic mass is 35.5. The fourth-order valence-corrected chi connectivity index (χ4v) is 3.52. The number of ether oxygens (including phenoxy) is 1. The van der Waals surface area contributed by atoms with Crippen LogP contribution in [0.4, 0.5) is 0 Å². The molecule has 124 valence electrons. The highest BCUT2D eigenvalue weighted by molar-refractivity contribution is 8.00. The van der Waals surface area contributed by atoms with E-state index in [1.165, 1.54) is 6.42 Å². The molecule has 1 aromatic rings. The van der Waals surface area contributed by atoms with E-state index in [0.717, 1.165) is 36.7 Å². The number of hydrogen-bond donors (Lipinski definition) is 1. The third-order valence-corrected chi connectivity index (χ3v) is 4.75. The molecule has 2 rings (SSSR count). The first-order valence-electron chi connectivity index (χ1n) is 7.42. The highest BCUT2D eigenvalue weighted by Crippen LogP contribution is 2.24. The normalized spacial score (nSPS) is 17.7. The van der Waals surface area contributed by atoms with Gasteiger partial charge in [0.05, 0.1) is 12.9 Å². The minimum absolute atomic E-state index is 0. The van der Waals surface area contributed by atoms with Crippen molar-refractivity contribution in [1.29, 1.82) is 0 Å². The number of benzene rings is 1. The Kier molecular flexibility index (Phi) is 8.68. The van der Waals surface area contributed by atoms with Gasteiger partial charge in [-0.15, -0.1) is 24.2 Å². The first-order chi connectivity index (χ1) is 10.2. The summed E-state index contributed by atoms with van der Waals surface area (Å²) in [7, 11) is 3.63. The highest BCUT2D eigenvalue weighted by Gasteiger charge is 2.22. The largest absolute Gasteiger partial charge is 0.497 e. The van der Waals surface area contributed by atoms with E-state index in [1.54, 1.807) is 18.9 Å². The second kappa shape index (κ2) is 9.98. The Labute approximate surface area is 143 Å². The topological polar surface area (TPSA) is 41.6 Å². The van der Waals surface area contributed by atoms with E-state index in [0.29, 0.717) is 11.7 Å². The molecule has 1 aliphatic rings. The number of carbonyl (C=O) groups is 1. The maximum absolute atomic E-state index is 12.3. The smallest absolute Gasteiger partial charge is 0.232 e. The SMILES string of the molecule is CNCC1CCCN(C(=O)CSc2cccc(OC)c2)C1.Cl. The van der Waals surface area contributed by atoms with Gasteiger partial charge in [0.15, 0.2) is 0 Å². The molecule has 0 spiro atoms. The lowest BCUT2D eigenvalue weighted by molar-refractivity contribution is -0.130. The van der Waals surface area contributed by atoms with Gasteiger partial charge in [0.1, 0.15) is 5.75 Å². The number of thioether (sulfide) groups is 1. The predicted molar refractivity (Wildman–Crippen MR) is 94.2 cm³/mol. The van der Waals surface area contributed by atoms with Crippen LogP contribution in [-0.2, 0) is 4.79 Å². The molecular weight excluding hydrogens is 320 g/mol. The van der Waals surface area contributed by atoms with Crippen LogP contribution in [0.5, 0.6) is 5.75 Å². The lowest BCUT2D eigenvalue weighted by atomic mass is 9.98. The van der Waals surface area contributed by atoms with Gasteiger partial charge in [-0.2, -0.15) is 0 Å². The van der Waals surface area contributed by atoms with Crippen molar-refractivity contribution in [1.82, 2.24) is 10.2 Å². The number of nitrogens with zero attached hydrogens (tertiary/aromatic N) is 1. The average molecular weight is 345 g/mol. The number of rotatable bonds is 6. The standard InChI is InChI=1S/C16H24N2O2S.ClH/c1-17-10-13-5-4-8-18(11-13)16(19)12-21-15-7-3-6-14(9-15)20-2;/h3,6-7,9,13,17H,4-5,8,10-12H2,1-2H3;1H. The minimum Gasteiger partial charge on any atom is -0.497 e. The Morgan fingerprint density at radius 1 is 1.50 bits per heavy atom. The number of likely N-dealkylation sites (tertiary alicyclic amines) is 1. The van der Waals surface area contributed by atoms with Crippen LogP contribution in [0.1, 0.15) is 12.8 Å². The predicted octanol–water partition coefficient (Wildman–Crippen LogP) is 2.67. The van der Waals surface area contributed by atoms with Gasteiger partial charge in [0, 0.05) is 18.0 Å². The summed E-state index contributed by atoms with van der Waals surface area (Å²) in [6, 6.07) is 7.85. The fraction of sp³-hybridized carbons (Fsp3) is 0.562. The first-order valence-corrected chi connectivity index (χ1v) is 8.40. The van der Waals surface area contributed by atoms with Crippen molar-refractivity contribution in [3.8, 4) is 5.75 Å². The number of piperidine rings is 1. The summed E-state index contributed by atoms with van der Waals surface area (Å²) in [4.78, 5) is 15.4. The van der Waals surface area contributed by atoms with Crippen LogP contribution in [0, 0.1) is 5.92 Å². The summed E-state index contributed by atoms with van der Waals surface area (Å²) in [5.41, 5.74) is 0. The van der Waals surface area contributed by atoms with E-state index >= 15 is 0 Å². The first kappa shape index (κ1) is 19.1. The van der Waals surface area contributed by atoms with Gasteiger partial charge in [0.25, 0.3) is 0 Å². The molecule has 6 heteroatoms. The molecule has 1 N–H and O–H groups in total. The molecule has 0 aliphatic carbocycles. The molecule has 0 radical (unpaired) electrons. The van der Waals surface area contributed by atoms with Crippen molar-refractivity contribution in [3.05, 3.63) is 24.3 Å². The van der Waals surface area contributed by atoms with Crippen LogP contribution in [0.3, 0.4) is 0 Å². The van der Waals surface area contributed by atoms with Gasteiger partial charge in [0.2, 0.25) is 5.91 Å². The quantitative estimate of drug-likeness (QED) is 0.806. The van der Waals surface area contributed by atoms with E-state index in [-0.39, 0.29) is 18.3 Å². The Bertz CT molecular complexity index is 471. The van der Waals surface area contributed by atoms with Crippen molar-refractivity contribution < 1.29 is 9.53 Å². The summed E-state index contributed by atoms with van der Waals surface area (Å²) >= 11 is 1.58. The lowest BCUT2D eigenvalue weighted by Gasteiger charge is -2.32. The van der Waals surface area contributed by atoms with Gasteiger partial charge in [-0.1, -0.05) is 6.07 Å². The molecule has 1 aliphatic heterocycles. The Morgan fingerprint density at radius 2 is 2.32 bits per heavy atom. The van der Waals surface area contributed by atoms with Gasteiger partial charge in [-0.3, -0.25) is 4.79 Å². The average Bonchev–Trinajstić information content (AvgIpc) is 2.53. The van der Waals surface area contributed by atoms with Gasteiger partial charge < -0.3 is 15.0 Å². The number of amides is 1. The number of methoxy groups -OCH3 is 1. The Morgan fingerprint density at radius 3 is 3.05 bits per heavy atom. The molecule has 1 heterocycles. The fourth-order valence-electron chi connectivity index (χ4n) is 2.67. The maximum atomic E-state index is 12.3. The second-order valence-electron chi connectivity index (χ2n) is 5.37. The van der Waals surface area contributed by atoms with E-state index in [9.17, 15) is 4.79 Å². The van der Waals surface area contributed by atoms with Crippen LogP contribution in [0.2, 0.25) is 0 Å². The van der Waals surface area contributed by atoms with Crippen LogP contribution >= 0.6 is 24.2 Å². The summed E-state index contributed by atoms with van der Waals surface area (Å²) in [6.45, 7) is 2.78. The molecule has 0 bridgehead atoms. The molecule has 1 fully saturated rings. The number of hydrogen-bond acceptors (Lipinski definition) is 4. The molecule has 1 saturated heterocycles. The zero-order valence-corrected chi connectivity index (χ0v) is 14.8. The molecule has 1 atom stereocenters. The molecule has 0 aromatic heterocycles. The van der Waals surface area contributed by atoms with E-state index in [2.05, 4.69) is 5.32 Å². The van der Waals surface area contributed by atoms with Crippen molar-refractivity contribution in [3.63, 3.8) is 0 Å². The van der Waals surface area contributed by atoms with E-state index in [4.69, 9.17) is 4.74 Å². The monoisotopic (exact) mass is 344 g/mol. The molecular formula is C16H25ClN2O2S. The van der Waals surface area contributed by atoms with Crippen molar-refractivity contribution in [2.45, 2.75) is 17.7 Å². The number of halogens is 1. The summed E-state index contributed by atoms with van der Waals surface area (Å²) in [5.74, 6) is 2.16. The third kappa shape index (κ3) is 5.71. The third-order valence-electron chi connectivity index (χ3n) is 3.77. The lowest BCUT2D eigenvalue weighted by Crippen LogP contribution is -2.43.